The normalized spacial score (nSPS) is 10.1. The monoisotopic (exact) mass is 325 g/mol. The van der Waals surface area contributed by atoms with Crippen LogP contribution >= 0.6 is 27.5 Å². The average Bonchev–Trinajstić information content (AvgIpc) is 2.36. The zero-order chi connectivity index (χ0) is 13.1. The quantitative estimate of drug-likeness (QED) is 0.889. The first kappa shape index (κ1) is 12.9. The topological polar surface area (TPSA) is 68.0 Å². The molecule has 18 heavy (non-hydrogen) atoms. The van der Waals surface area contributed by atoms with Gasteiger partial charge in [-0.2, -0.15) is 0 Å². The second kappa shape index (κ2) is 5.37. The van der Waals surface area contributed by atoms with Crippen LogP contribution in [0.4, 0.5) is 11.4 Å². The summed E-state index contributed by atoms with van der Waals surface area (Å²) < 4.78 is 0.635. The Morgan fingerprint density at radius 2 is 2.11 bits per heavy atom. The SMILES string of the molecule is Nc1ccc(C(=O)Nc2cccc(Cl)c2Br)nc1. The molecule has 1 aromatic heterocycles. The zero-order valence-corrected chi connectivity index (χ0v) is 11.5. The van der Waals surface area contributed by atoms with Crippen LogP contribution in [0.15, 0.2) is 41.0 Å². The van der Waals surface area contributed by atoms with Gasteiger partial charge in [-0.05, 0) is 40.2 Å². The molecule has 0 aliphatic carbocycles. The van der Waals surface area contributed by atoms with Crippen LogP contribution in [-0.4, -0.2) is 10.9 Å². The highest BCUT2D eigenvalue weighted by atomic mass is 79.9. The maximum absolute atomic E-state index is 11.9. The molecule has 0 aliphatic heterocycles. The minimum atomic E-state index is -0.321. The Bertz CT molecular complexity index is 586. The summed E-state index contributed by atoms with van der Waals surface area (Å²) in [4.78, 5) is 15.9. The average molecular weight is 327 g/mol. The highest BCUT2D eigenvalue weighted by molar-refractivity contribution is 9.10. The zero-order valence-electron chi connectivity index (χ0n) is 9.15. The number of rotatable bonds is 2. The molecule has 2 aromatic rings. The molecule has 0 radical (unpaired) electrons. The van der Waals surface area contributed by atoms with Gasteiger partial charge in [-0.25, -0.2) is 4.98 Å². The second-order valence-electron chi connectivity index (χ2n) is 3.53. The summed E-state index contributed by atoms with van der Waals surface area (Å²) in [7, 11) is 0. The standard InChI is InChI=1S/C12H9BrClN3O/c13-11-8(14)2-1-3-9(11)17-12(18)10-5-4-7(15)6-16-10/h1-6H,15H2,(H,17,18). The fourth-order valence-electron chi connectivity index (χ4n) is 1.33. The molecular formula is C12H9BrClN3O. The highest BCUT2D eigenvalue weighted by Crippen LogP contribution is 2.30. The molecule has 0 aliphatic rings. The molecular weight excluding hydrogens is 318 g/mol. The Balaban J connectivity index is 2.21. The summed E-state index contributed by atoms with van der Waals surface area (Å²) in [5, 5.41) is 3.24. The van der Waals surface area contributed by atoms with Crippen molar-refractivity contribution in [3.8, 4) is 0 Å². The number of amides is 1. The van der Waals surface area contributed by atoms with E-state index in [0.29, 0.717) is 20.9 Å². The molecule has 4 nitrogen and oxygen atoms in total. The first-order valence-electron chi connectivity index (χ1n) is 5.05. The van der Waals surface area contributed by atoms with E-state index in [4.69, 9.17) is 17.3 Å². The van der Waals surface area contributed by atoms with Crippen molar-refractivity contribution < 1.29 is 4.79 Å². The molecule has 0 spiro atoms. The Morgan fingerprint density at radius 3 is 2.78 bits per heavy atom. The van der Waals surface area contributed by atoms with Crippen molar-refractivity contribution in [2.24, 2.45) is 0 Å². The fourth-order valence-corrected chi connectivity index (χ4v) is 1.86. The van der Waals surface area contributed by atoms with Gasteiger partial charge in [0.25, 0.3) is 5.91 Å². The number of hydrogen-bond donors (Lipinski definition) is 2. The molecule has 0 saturated carbocycles. The largest absolute Gasteiger partial charge is 0.397 e. The Labute approximate surface area is 117 Å². The molecule has 1 amide bonds. The first-order chi connectivity index (χ1) is 8.58. The lowest BCUT2D eigenvalue weighted by molar-refractivity contribution is 0.102. The Morgan fingerprint density at radius 1 is 1.33 bits per heavy atom. The van der Waals surface area contributed by atoms with Crippen LogP contribution in [0.1, 0.15) is 10.5 Å². The van der Waals surface area contributed by atoms with Crippen molar-refractivity contribution in [1.29, 1.82) is 0 Å². The van der Waals surface area contributed by atoms with Crippen LogP contribution in [0.5, 0.6) is 0 Å². The number of benzene rings is 1. The van der Waals surface area contributed by atoms with E-state index in [9.17, 15) is 4.79 Å². The van der Waals surface area contributed by atoms with Crippen LogP contribution in [0.2, 0.25) is 5.02 Å². The van der Waals surface area contributed by atoms with E-state index in [1.54, 1.807) is 30.3 Å². The number of anilines is 2. The van der Waals surface area contributed by atoms with Crippen molar-refractivity contribution in [1.82, 2.24) is 4.98 Å². The van der Waals surface area contributed by atoms with Gasteiger partial charge in [-0.1, -0.05) is 17.7 Å². The molecule has 1 heterocycles. The fraction of sp³-hybridized carbons (Fsp3) is 0. The van der Waals surface area contributed by atoms with Gasteiger partial charge in [0.15, 0.2) is 0 Å². The van der Waals surface area contributed by atoms with Gasteiger partial charge in [-0.15, -0.1) is 0 Å². The van der Waals surface area contributed by atoms with Crippen LogP contribution in [0.25, 0.3) is 0 Å². The van der Waals surface area contributed by atoms with Gasteiger partial charge in [-0.3, -0.25) is 4.79 Å². The molecule has 0 unspecified atom stereocenters. The third kappa shape index (κ3) is 2.80. The minimum Gasteiger partial charge on any atom is -0.397 e. The van der Waals surface area contributed by atoms with E-state index in [1.165, 1.54) is 6.20 Å². The number of nitrogens with two attached hydrogens (primary N) is 1. The molecule has 0 bridgehead atoms. The summed E-state index contributed by atoms with van der Waals surface area (Å²) in [6.45, 7) is 0. The molecule has 0 fully saturated rings. The Hall–Kier alpha value is -1.59. The summed E-state index contributed by atoms with van der Waals surface area (Å²) in [6, 6.07) is 8.39. The van der Waals surface area contributed by atoms with Crippen molar-refractivity contribution >= 4 is 44.8 Å². The molecule has 0 saturated heterocycles. The van der Waals surface area contributed by atoms with E-state index in [2.05, 4.69) is 26.2 Å². The number of nitrogens with zero attached hydrogens (tertiary/aromatic N) is 1. The summed E-state index contributed by atoms with van der Waals surface area (Å²) >= 11 is 9.24. The molecule has 92 valence electrons. The molecule has 0 atom stereocenters. The highest BCUT2D eigenvalue weighted by Gasteiger charge is 2.10. The molecule has 3 N–H and O–H groups in total. The molecule has 2 rings (SSSR count). The van der Waals surface area contributed by atoms with Gasteiger partial charge in [0.2, 0.25) is 0 Å². The molecule has 1 aromatic carbocycles. The second-order valence-corrected chi connectivity index (χ2v) is 4.73. The first-order valence-corrected chi connectivity index (χ1v) is 6.22. The van der Waals surface area contributed by atoms with Crippen LogP contribution in [-0.2, 0) is 0 Å². The van der Waals surface area contributed by atoms with Gasteiger partial charge in [0.1, 0.15) is 5.69 Å². The van der Waals surface area contributed by atoms with Gasteiger partial charge >= 0.3 is 0 Å². The number of nitrogen functional groups attached to an aromatic ring is 1. The smallest absolute Gasteiger partial charge is 0.274 e. The third-order valence-electron chi connectivity index (χ3n) is 2.22. The number of carbonyl (C=O) groups excluding carboxylic acids is 1. The van der Waals surface area contributed by atoms with Crippen LogP contribution < -0.4 is 11.1 Å². The lowest BCUT2D eigenvalue weighted by Gasteiger charge is -2.07. The molecule has 6 heteroatoms. The Kier molecular flexibility index (Phi) is 3.84. The minimum absolute atomic E-state index is 0.288. The lowest BCUT2D eigenvalue weighted by atomic mass is 10.3. The number of hydrogen-bond acceptors (Lipinski definition) is 3. The van der Waals surface area contributed by atoms with Crippen molar-refractivity contribution in [2.75, 3.05) is 11.1 Å². The van der Waals surface area contributed by atoms with Gasteiger partial charge in [0, 0.05) is 0 Å². The van der Waals surface area contributed by atoms with E-state index in [-0.39, 0.29) is 11.6 Å². The lowest BCUT2D eigenvalue weighted by Crippen LogP contribution is -2.14. The summed E-state index contributed by atoms with van der Waals surface area (Å²) in [6.07, 6.45) is 1.43. The summed E-state index contributed by atoms with van der Waals surface area (Å²) in [5.74, 6) is -0.321. The number of nitrogens with one attached hydrogen (secondary N) is 1. The van der Waals surface area contributed by atoms with E-state index < -0.39 is 0 Å². The third-order valence-corrected chi connectivity index (χ3v) is 3.62. The predicted molar refractivity (Wildman–Crippen MR) is 75.8 cm³/mol. The van der Waals surface area contributed by atoms with Gasteiger partial charge in [0.05, 0.1) is 27.1 Å². The summed E-state index contributed by atoms with van der Waals surface area (Å²) in [5.41, 5.74) is 6.89. The number of aromatic nitrogens is 1. The maximum atomic E-state index is 11.9. The number of pyridine rings is 1. The van der Waals surface area contributed by atoms with E-state index in [0.717, 1.165) is 0 Å². The van der Waals surface area contributed by atoms with Crippen molar-refractivity contribution in [2.45, 2.75) is 0 Å². The van der Waals surface area contributed by atoms with Crippen LogP contribution in [0, 0.1) is 0 Å². The number of halogens is 2. The van der Waals surface area contributed by atoms with E-state index >= 15 is 0 Å². The van der Waals surface area contributed by atoms with Crippen molar-refractivity contribution in [3.05, 3.63) is 51.7 Å². The predicted octanol–water partition coefficient (Wildman–Crippen LogP) is 3.33. The van der Waals surface area contributed by atoms with Gasteiger partial charge < -0.3 is 11.1 Å². The van der Waals surface area contributed by atoms with Crippen LogP contribution in [0.3, 0.4) is 0 Å². The van der Waals surface area contributed by atoms with E-state index in [1.807, 2.05) is 0 Å². The van der Waals surface area contributed by atoms with Crippen molar-refractivity contribution in [3.63, 3.8) is 0 Å². The number of carbonyl (C=O) groups is 1. The maximum Gasteiger partial charge on any atom is 0.274 e.